The number of carbonyl (C=O) groups is 1. The molecule has 0 fully saturated rings. The Kier molecular flexibility index (Phi) is 6.21. The van der Waals surface area contributed by atoms with Crippen LogP contribution in [0.15, 0.2) is 89.3 Å². The fourth-order valence-corrected chi connectivity index (χ4v) is 5.32. The molecule has 0 radical (unpaired) electrons. The zero-order valence-corrected chi connectivity index (χ0v) is 18.7. The van der Waals surface area contributed by atoms with E-state index in [2.05, 4.69) is 16.3 Å². The molecule has 1 amide bonds. The molecule has 6 nitrogen and oxygen atoms in total. The maximum Gasteiger partial charge on any atom is 0.279 e. The third-order valence-electron chi connectivity index (χ3n) is 4.64. The number of carbonyl (C=O) groups excluding carboxylic acids is 1. The minimum atomic E-state index is -3.76. The molecule has 0 saturated heterocycles. The number of hydrogen-bond acceptors (Lipinski definition) is 4. The predicted octanol–water partition coefficient (Wildman–Crippen LogP) is 4.71. The monoisotopic (exact) mass is 485 g/mol. The van der Waals surface area contributed by atoms with Gasteiger partial charge in [-0.05, 0) is 42.5 Å². The van der Waals surface area contributed by atoms with Crippen molar-refractivity contribution >= 4 is 43.2 Å². The van der Waals surface area contributed by atoms with Crippen LogP contribution in [0.4, 0.5) is 14.5 Å². The fourth-order valence-electron chi connectivity index (χ4n) is 3.16. The number of aromatic nitrogens is 1. The first-order valence-electron chi connectivity index (χ1n) is 9.65. The van der Waals surface area contributed by atoms with Gasteiger partial charge < -0.3 is 4.57 Å². The summed E-state index contributed by atoms with van der Waals surface area (Å²) in [4.78, 5) is 17.1. The van der Waals surface area contributed by atoms with E-state index < -0.39 is 27.6 Å². The van der Waals surface area contributed by atoms with Crippen molar-refractivity contribution in [2.24, 2.45) is 4.99 Å². The van der Waals surface area contributed by atoms with Crippen LogP contribution in [0.3, 0.4) is 0 Å². The quantitative estimate of drug-likeness (QED) is 0.402. The standard InChI is InChI=1S/C23H17F2N3O3S2/c1-2-12-28-21-19(25)13-16(24)14-20(21)32-23(28)26-22(29)15-8-10-17(11-9-15)27-33(30,31)18-6-4-3-5-7-18/h2-11,13-14,27H,1,12H2. The SMILES string of the molecule is C=CCn1c(=NC(=O)c2ccc(NS(=O)(=O)c3ccccc3)cc2)sc2cc(F)cc(F)c21. The first-order valence-corrected chi connectivity index (χ1v) is 11.9. The van der Waals surface area contributed by atoms with Crippen LogP contribution in [0.1, 0.15) is 10.4 Å². The number of nitrogens with one attached hydrogen (secondary N) is 1. The van der Waals surface area contributed by atoms with E-state index in [1.54, 1.807) is 18.2 Å². The number of rotatable bonds is 6. The first-order chi connectivity index (χ1) is 15.8. The van der Waals surface area contributed by atoms with Crippen LogP contribution in [0.5, 0.6) is 0 Å². The van der Waals surface area contributed by atoms with E-state index in [0.717, 1.165) is 17.4 Å². The lowest BCUT2D eigenvalue weighted by Gasteiger charge is -2.08. The average molecular weight is 486 g/mol. The molecular weight excluding hydrogens is 468 g/mol. The molecule has 0 unspecified atom stereocenters. The van der Waals surface area contributed by atoms with Crippen LogP contribution in [0.2, 0.25) is 0 Å². The largest absolute Gasteiger partial charge is 0.310 e. The smallest absolute Gasteiger partial charge is 0.279 e. The summed E-state index contributed by atoms with van der Waals surface area (Å²) in [6.07, 6.45) is 1.52. The van der Waals surface area contributed by atoms with E-state index in [-0.39, 0.29) is 33.0 Å². The number of nitrogens with zero attached hydrogens (tertiary/aromatic N) is 2. The first kappa shape index (κ1) is 22.6. The topological polar surface area (TPSA) is 80.5 Å². The Hall–Kier alpha value is -3.63. The summed E-state index contributed by atoms with van der Waals surface area (Å²) in [6.45, 7) is 3.81. The van der Waals surface area contributed by atoms with E-state index >= 15 is 0 Å². The number of halogens is 2. The molecule has 0 spiro atoms. The molecule has 0 atom stereocenters. The second kappa shape index (κ2) is 9.08. The highest BCUT2D eigenvalue weighted by atomic mass is 32.2. The molecule has 0 aliphatic rings. The van der Waals surface area contributed by atoms with Crippen LogP contribution in [0, 0.1) is 11.6 Å². The average Bonchev–Trinajstić information content (AvgIpc) is 3.11. The molecular formula is C23H17F2N3O3S2. The molecule has 3 aromatic carbocycles. The Labute approximate surface area is 192 Å². The van der Waals surface area contributed by atoms with Gasteiger partial charge in [0.15, 0.2) is 10.6 Å². The van der Waals surface area contributed by atoms with E-state index in [9.17, 15) is 22.0 Å². The van der Waals surface area contributed by atoms with Crippen molar-refractivity contribution < 1.29 is 22.0 Å². The van der Waals surface area contributed by atoms with Gasteiger partial charge >= 0.3 is 0 Å². The summed E-state index contributed by atoms with van der Waals surface area (Å²) < 4.78 is 57.0. The predicted molar refractivity (Wildman–Crippen MR) is 124 cm³/mol. The fraction of sp³-hybridized carbons (Fsp3) is 0.0435. The number of amides is 1. The number of allylic oxidation sites excluding steroid dienone is 1. The zero-order chi connectivity index (χ0) is 23.6. The van der Waals surface area contributed by atoms with Gasteiger partial charge in [0.2, 0.25) is 0 Å². The zero-order valence-electron chi connectivity index (χ0n) is 17.0. The normalized spacial score (nSPS) is 12.1. The Morgan fingerprint density at radius 2 is 1.79 bits per heavy atom. The summed E-state index contributed by atoms with van der Waals surface area (Å²) >= 11 is 0.980. The van der Waals surface area contributed by atoms with Crippen molar-refractivity contribution in [3.05, 3.63) is 101 Å². The number of fused-ring (bicyclic) bond motifs is 1. The van der Waals surface area contributed by atoms with Crippen molar-refractivity contribution in [2.75, 3.05) is 4.72 Å². The number of thiazole rings is 1. The minimum Gasteiger partial charge on any atom is -0.310 e. The van der Waals surface area contributed by atoms with Crippen LogP contribution in [-0.2, 0) is 16.6 Å². The van der Waals surface area contributed by atoms with Crippen LogP contribution in [-0.4, -0.2) is 18.9 Å². The lowest BCUT2D eigenvalue weighted by atomic mass is 10.2. The van der Waals surface area contributed by atoms with Gasteiger partial charge in [-0.3, -0.25) is 9.52 Å². The maximum atomic E-state index is 14.3. The molecule has 0 aliphatic heterocycles. The molecule has 0 bridgehead atoms. The Morgan fingerprint density at radius 1 is 1.09 bits per heavy atom. The Bertz CT molecular complexity index is 1530. The maximum absolute atomic E-state index is 14.3. The Balaban J connectivity index is 1.64. The van der Waals surface area contributed by atoms with Crippen LogP contribution in [0.25, 0.3) is 10.2 Å². The van der Waals surface area contributed by atoms with Gasteiger partial charge in [0, 0.05) is 23.9 Å². The highest BCUT2D eigenvalue weighted by molar-refractivity contribution is 7.92. The third-order valence-corrected chi connectivity index (χ3v) is 7.06. The van der Waals surface area contributed by atoms with Crippen molar-refractivity contribution in [3.63, 3.8) is 0 Å². The number of benzene rings is 3. The Morgan fingerprint density at radius 3 is 2.45 bits per heavy atom. The molecule has 1 heterocycles. The summed E-state index contributed by atoms with van der Waals surface area (Å²) in [5.41, 5.74) is 0.613. The van der Waals surface area contributed by atoms with Crippen molar-refractivity contribution in [2.45, 2.75) is 11.4 Å². The number of anilines is 1. The molecule has 1 N–H and O–H groups in total. The second-order valence-corrected chi connectivity index (χ2v) is 9.62. The molecule has 0 aliphatic carbocycles. The lowest BCUT2D eigenvalue weighted by Crippen LogP contribution is -2.17. The van der Waals surface area contributed by atoms with E-state index in [4.69, 9.17) is 0 Å². The number of hydrogen-bond donors (Lipinski definition) is 1. The molecule has 10 heteroatoms. The van der Waals surface area contributed by atoms with E-state index in [1.807, 2.05) is 0 Å². The minimum absolute atomic E-state index is 0.111. The highest BCUT2D eigenvalue weighted by Crippen LogP contribution is 2.23. The summed E-state index contributed by atoms with van der Waals surface area (Å²) in [5.74, 6) is -2.09. The van der Waals surface area contributed by atoms with Crippen molar-refractivity contribution in [3.8, 4) is 0 Å². The van der Waals surface area contributed by atoms with Gasteiger partial charge in [-0.2, -0.15) is 4.99 Å². The molecule has 4 aromatic rings. The van der Waals surface area contributed by atoms with Gasteiger partial charge in [-0.15, -0.1) is 6.58 Å². The summed E-state index contributed by atoms with van der Waals surface area (Å²) in [5, 5.41) is 0. The van der Waals surface area contributed by atoms with Crippen LogP contribution >= 0.6 is 11.3 Å². The van der Waals surface area contributed by atoms with E-state index in [1.165, 1.54) is 53.1 Å². The van der Waals surface area contributed by atoms with Gasteiger partial charge in [-0.25, -0.2) is 17.2 Å². The highest BCUT2D eigenvalue weighted by Gasteiger charge is 2.15. The van der Waals surface area contributed by atoms with Gasteiger partial charge in [0.1, 0.15) is 5.82 Å². The van der Waals surface area contributed by atoms with Crippen molar-refractivity contribution in [1.29, 1.82) is 0 Å². The molecule has 4 rings (SSSR count). The molecule has 0 saturated carbocycles. The lowest BCUT2D eigenvalue weighted by molar-refractivity contribution is 0.0998. The van der Waals surface area contributed by atoms with E-state index in [0.29, 0.717) is 4.70 Å². The summed E-state index contributed by atoms with van der Waals surface area (Å²) in [7, 11) is -3.76. The van der Waals surface area contributed by atoms with Crippen LogP contribution < -0.4 is 9.52 Å². The van der Waals surface area contributed by atoms with Crippen molar-refractivity contribution in [1.82, 2.24) is 4.57 Å². The van der Waals surface area contributed by atoms with Gasteiger partial charge in [-0.1, -0.05) is 35.6 Å². The van der Waals surface area contributed by atoms with Gasteiger partial charge in [0.25, 0.3) is 15.9 Å². The molecule has 168 valence electrons. The second-order valence-electron chi connectivity index (χ2n) is 6.93. The number of sulfonamides is 1. The van der Waals surface area contributed by atoms with Gasteiger partial charge in [0.05, 0.1) is 15.1 Å². The molecule has 1 aromatic heterocycles. The molecule has 33 heavy (non-hydrogen) atoms. The summed E-state index contributed by atoms with van der Waals surface area (Å²) in [6, 6.07) is 15.6. The third kappa shape index (κ3) is 4.76.